The van der Waals surface area contributed by atoms with Crippen molar-refractivity contribution in [2.75, 3.05) is 6.61 Å². The molecule has 0 atom stereocenters. The van der Waals surface area contributed by atoms with Gasteiger partial charge >= 0.3 is 11.7 Å². The third-order valence-corrected chi connectivity index (χ3v) is 0.721. The summed E-state index contributed by atoms with van der Waals surface area (Å²) in [7, 11) is 0. The summed E-state index contributed by atoms with van der Waals surface area (Å²) in [5.74, 6) is -0.583. The lowest BCUT2D eigenvalue weighted by molar-refractivity contribution is -0.139. The van der Waals surface area contributed by atoms with Gasteiger partial charge in [-0.1, -0.05) is 0 Å². The summed E-state index contributed by atoms with van der Waals surface area (Å²) >= 11 is 0. The van der Waals surface area contributed by atoms with E-state index in [2.05, 4.69) is 9.53 Å². The second-order valence-electron chi connectivity index (χ2n) is 1.41. The van der Waals surface area contributed by atoms with Crippen molar-refractivity contribution in [1.82, 2.24) is 0 Å². The third-order valence-electron chi connectivity index (χ3n) is 0.721. The number of nitrogens with zero attached hydrogens (tertiary/aromatic N) is 2. The quantitative estimate of drug-likeness (QED) is 0.231. The van der Waals surface area contributed by atoms with E-state index in [1.54, 1.807) is 6.92 Å². The lowest BCUT2D eigenvalue weighted by Gasteiger charge is -1.90. The largest absolute Gasteiger partial charge is 0.457 e. The van der Waals surface area contributed by atoms with Gasteiger partial charge in [0.15, 0.2) is 0 Å². The van der Waals surface area contributed by atoms with Crippen LogP contribution in [0.3, 0.4) is 0 Å². The van der Waals surface area contributed by atoms with Crippen LogP contribution in [0.15, 0.2) is 0 Å². The minimum absolute atomic E-state index is 0.0307. The first kappa shape index (κ1) is 7.85. The van der Waals surface area contributed by atoms with E-state index in [0.717, 1.165) is 0 Å². The summed E-state index contributed by atoms with van der Waals surface area (Å²) in [6.45, 7) is 3.35. The molecule has 0 N–H and O–H groups in total. The molecule has 4 heteroatoms. The molecule has 0 aliphatic heterocycles. The second kappa shape index (κ2) is 3.80. The zero-order valence-electron chi connectivity index (χ0n) is 5.42. The molecule has 9 heavy (non-hydrogen) atoms. The highest BCUT2D eigenvalue weighted by molar-refractivity contribution is 6.32. The van der Waals surface area contributed by atoms with Crippen LogP contribution in [0.2, 0.25) is 0 Å². The van der Waals surface area contributed by atoms with Gasteiger partial charge in [0, 0.05) is 6.92 Å². The van der Waals surface area contributed by atoms with Crippen molar-refractivity contribution >= 4 is 11.7 Å². The van der Waals surface area contributed by atoms with Crippen LogP contribution >= 0.6 is 0 Å². The SMILES string of the molecule is CCOC(=O)C(C)=[N+]=[N-]. The topological polar surface area (TPSA) is 62.7 Å². The molecular weight excluding hydrogens is 120 g/mol. The summed E-state index contributed by atoms with van der Waals surface area (Å²) in [4.78, 5) is 13.1. The Morgan fingerprint density at radius 3 is 2.67 bits per heavy atom. The van der Waals surface area contributed by atoms with Crippen molar-refractivity contribution in [1.29, 1.82) is 0 Å². The molecule has 50 valence electrons. The predicted molar refractivity (Wildman–Crippen MR) is 30.9 cm³/mol. The highest BCUT2D eigenvalue weighted by atomic mass is 16.5. The Hall–Kier alpha value is -1.15. The average molecular weight is 128 g/mol. The first-order valence-corrected chi connectivity index (χ1v) is 2.58. The lowest BCUT2D eigenvalue weighted by atomic mass is 10.4. The Kier molecular flexibility index (Phi) is 3.32. The van der Waals surface area contributed by atoms with Gasteiger partial charge in [-0.15, -0.1) is 0 Å². The molecule has 0 aliphatic rings. The summed E-state index contributed by atoms with van der Waals surface area (Å²) in [5.41, 5.74) is 7.99. The average Bonchev–Trinajstić information content (AvgIpc) is 1.87. The normalized spacial score (nSPS) is 7.78. The molecule has 0 fully saturated rings. The smallest absolute Gasteiger partial charge is 0.416 e. The summed E-state index contributed by atoms with van der Waals surface area (Å²) in [5, 5.41) is 0. The highest BCUT2D eigenvalue weighted by Crippen LogP contribution is 1.77. The predicted octanol–water partition coefficient (Wildman–Crippen LogP) is 0.240. The molecule has 0 radical (unpaired) electrons. The first-order valence-electron chi connectivity index (χ1n) is 2.58. The maximum atomic E-state index is 10.5. The molecule has 0 aromatic heterocycles. The first-order chi connectivity index (χ1) is 4.22. The minimum Gasteiger partial charge on any atom is -0.457 e. The van der Waals surface area contributed by atoms with Crippen molar-refractivity contribution in [2.45, 2.75) is 13.8 Å². The molecule has 0 saturated carbocycles. The lowest BCUT2D eigenvalue weighted by Crippen LogP contribution is -2.14. The number of rotatable bonds is 2. The molecule has 0 heterocycles. The molecule has 4 nitrogen and oxygen atoms in total. The number of hydrogen-bond acceptors (Lipinski definition) is 2. The summed E-state index contributed by atoms with van der Waals surface area (Å²) < 4.78 is 4.46. The van der Waals surface area contributed by atoms with Gasteiger partial charge in [0.1, 0.15) is 0 Å². The van der Waals surface area contributed by atoms with Gasteiger partial charge in [-0.3, -0.25) is 0 Å². The van der Waals surface area contributed by atoms with Crippen LogP contribution in [0.4, 0.5) is 0 Å². The van der Waals surface area contributed by atoms with Crippen molar-refractivity contribution in [2.24, 2.45) is 0 Å². The van der Waals surface area contributed by atoms with Crippen LogP contribution in [0, 0.1) is 0 Å². The van der Waals surface area contributed by atoms with E-state index in [-0.39, 0.29) is 5.71 Å². The molecule has 0 spiro atoms. The summed E-state index contributed by atoms with van der Waals surface area (Å²) in [6.07, 6.45) is 0. The van der Waals surface area contributed by atoms with Crippen molar-refractivity contribution < 1.29 is 14.3 Å². The molecule has 0 saturated heterocycles. The zero-order valence-corrected chi connectivity index (χ0v) is 5.42. The standard InChI is InChI=1S/C5H8N2O2/c1-3-9-5(8)4(2)7-6/h3H2,1-2H3. The Morgan fingerprint density at radius 2 is 2.33 bits per heavy atom. The van der Waals surface area contributed by atoms with Gasteiger partial charge in [-0.05, 0) is 6.92 Å². The van der Waals surface area contributed by atoms with E-state index >= 15 is 0 Å². The third kappa shape index (κ3) is 2.61. The second-order valence-corrected chi connectivity index (χ2v) is 1.41. The molecular formula is C5H8N2O2. The maximum Gasteiger partial charge on any atom is 0.416 e. The van der Waals surface area contributed by atoms with E-state index in [1.165, 1.54) is 6.92 Å². The fraction of sp³-hybridized carbons (Fsp3) is 0.600. The van der Waals surface area contributed by atoms with E-state index in [0.29, 0.717) is 6.61 Å². The van der Waals surface area contributed by atoms with Gasteiger partial charge in [-0.25, -0.2) is 4.79 Å². The van der Waals surface area contributed by atoms with Gasteiger partial charge in [-0.2, -0.15) is 4.79 Å². The molecule has 0 aliphatic carbocycles. The Bertz CT molecular complexity index is 158. The van der Waals surface area contributed by atoms with E-state index in [9.17, 15) is 4.79 Å². The number of hydrogen-bond donors (Lipinski definition) is 0. The number of carbonyl (C=O) groups is 1. The molecule has 0 aromatic rings. The fourth-order valence-corrected chi connectivity index (χ4v) is 0.276. The van der Waals surface area contributed by atoms with Crippen molar-refractivity contribution in [3.63, 3.8) is 0 Å². The molecule has 0 unspecified atom stereocenters. The number of ether oxygens (including phenoxy) is 1. The fourth-order valence-electron chi connectivity index (χ4n) is 0.276. The van der Waals surface area contributed by atoms with Crippen molar-refractivity contribution in [3.05, 3.63) is 5.53 Å². The van der Waals surface area contributed by atoms with E-state index in [4.69, 9.17) is 5.53 Å². The number of esters is 1. The van der Waals surface area contributed by atoms with Gasteiger partial charge in [0.05, 0.1) is 6.61 Å². The maximum absolute atomic E-state index is 10.5. The van der Waals surface area contributed by atoms with Gasteiger partial charge in [0.2, 0.25) is 0 Å². The van der Waals surface area contributed by atoms with Crippen LogP contribution in [0.5, 0.6) is 0 Å². The molecule has 0 amide bonds. The van der Waals surface area contributed by atoms with Gasteiger partial charge < -0.3 is 10.3 Å². The van der Waals surface area contributed by atoms with Crippen LogP contribution in [-0.4, -0.2) is 23.1 Å². The van der Waals surface area contributed by atoms with Crippen molar-refractivity contribution in [3.8, 4) is 0 Å². The molecule has 0 rings (SSSR count). The van der Waals surface area contributed by atoms with E-state index < -0.39 is 5.97 Å². The Morgan fingerprint density at radius 1 is 1.78 bits per heavy atom. The van der Waals surface area contributed by atoms with Gasteiger partial charge in [0.25, 0.3) is 0 Å². The molecule has 0 aromatic carbocycles. The van der Waals surface area contributed by atoms with Crippen LogP contribution in [0.25, 0.3) is 5.53 Å². The monoisotopic (exact) mass is 128 g/mol. The van der Waals surface area contributed by atoms with E-state index in [1.807, 2.05) is 0 Å². The molecule has 0 bridgehead atoms. The summed E-state index contributed by atoms with van der Waals surface area (Å²) in [6, 6.07) is 0. The van der Waals surface area contributed by atoms with Crippen LogP contribution in [0.1, 0.15) is 13.8 Å². The van der Waals surface area contributed by atoms with Crippen LogP contribution in [-0.2, 0) is 9.53 Å². The van der Waals surface area contributed by atoms with Crippen LogP contribution < -0.4 is 0 Å². The zero-order chi connectivity index (χ0) is 7.28. The number of carbonyl (C=O) groups excluding carboxylic acids is 1. The highest BCUT2D eigenvalue weighted by Gasteiger charge is 2.12. The Balaban J connectivity index is 3.89. The Labute approximate surface area is 53.1 Å². The minimum atomic E-state index is -0.583.